The number of carbonyl (C=O) groups is 2. The summed E-state index contributed by atoms with van der Waals surface area (Å²) in [5, 5.41) is 0. The molecule has 2 aromatic carbocycles. The lowest BCUT2D eigenvalue weighted by Gasteiger charge is -2.49. The van der Waals surface area contributed by atoms with Crippen LogP contribution in [-0.2, 0) is 31.8 Å². The second-order valence-corrected chi connectivity index (χ2v) is 8.88. The number of hydrogen-bond acceptors (Lipinski definition) is 4. The summed E-state index contributed by atoms with van der Waals surface area (Å²) in [4.78, 5) is 26.4. The van der Waals surface area contributed by atoms with Crippen molar-refractivity contribution in [3.05, 3.63) is 71.3 Å². The van der Waals surface area contributed by atoms with E-state index in [0.29, 0.717) is 5.56 Å². The molecule has 0 radical (unpaired) electrons. The predicted molar refractivity (Wildman–Crippen MR) is 102 cm³/mol. The first-order valence-corrected chi connectivity index (χ1v) is 10.6. The number of sulfonamides is 1. The van der Waals surface area contributed by atoms with E-state index in [-0.39, 0.29) is 24.3 Å². The van der Waals surface area contributed by atoms with Crippen LogP contribution < -0.4 is 4.72 Å². The first-order chi connectivity index (χ1) is 13.6. The van der Waals surface area contributed by atoms with Gasteiger partial charge in [-0.3, -0.25) is 14.3 Å². The molecule has 0 spiro atoms. The minimum atomic E-state index is -3.96. The fourth-order valence-corrected chi connectivity index (χ4v) is 4.42. The smallest absolute Gasteiger partial charge is 0.259 e. The zero-order chi connectivity index (χ0) is 21.2. The number of benzene rings is 2. The van der Waals surface area contributed by atoms with Gasteiger partial charge in [-0.05, 0) is 37.1 Å². The molecule has 29 heavy (non-hydrogen) atoms. The molecule has 3 rings (SSSR count). The van der Waals surface area contributed by atoms with Gasteiger partial charge in [0.1, 0.15) is 17.2 Å². The van der Waals surface area contributed by atoms with Crippen LogP contribution in [0.1, 0.15) is 24.5 Å². The summed E-state index contributed by atoms with van der Waals surface area (Å²) in [6.45, 7) is 1.67. The molecular formula is C20H20F2N2O4S. The number of likely N-dealkylation sites (tertiary alicyclic amines) is 1. The van der Waals surface area contributed by atoms with Crippen LogP contribution >= 0.6 is 0 Å². The van der Waals surface area contributed by atoms with Crippen molar-refractivity contribution in [3.8, 4) is 0 Å². The summed E-state index contributed by atoms with van der Waals surface area (Å²) in [6.07, 6.45) is -0.166. The lowest BCUT2D eigenvalue weighted by Crippen LogP contribution is -2.68. The molecule has 1 aliphatic rings. The Balaban J connectivity index is 1.68. The number of nitrogens with one attached hydrogen (secondary N) is 1. The predicted octanol–water partition coefficient (Wildman–Crippen LogP) is 2.14. The zero-order valence-corrected chi connectivity index (χ0v) is 16.5. The SMILES string of the molecule is CC1(C(=O)NS(=O)(=O)Cc2ccccc2)CCN1C(=O)Cc1cc(F)ccc1F. The number of hydrogen-bond donors (Lipinski definition) is 1. The van der Waals surface area contributed by atoms with Gasteiger partial charge in [0.2, 0.25) is 15.9 Å². The third-order valence-electron chi connectivity index (χ3n) is 5.01. The first-order valence-electron chi connectivity index (χ1n) is 8.94. The molecule has 2 amide bonds. The largest absolute Gasteiger partial charge is 0.328 e. The van der Waals surface area contributed by atoms with Gasteiger partial charge < -0.3 is 4.90 Å². The lowest BCUT2D eigenvalue weighted by atomic mass is 9.85. The van der Waals surface area contributed by atoms with E-state index in [2.05, 4.69) is 0 Å². The molecule has 0 bridgehead atoms. The van der Waals surface area contributed by atoms with Gasteiger partial charge in [0.25, 0.3) is 5.91 Å². The molecule has 9 heteroatoms. The van der Waals surface area contributed by atoms with E-state index in [9.17, 15) is 26.8 Å². The molecule has 1 fully saturated rings. The molecule has 6 nitrogen and oxygen atoms in total. The van der Waals surface area contributed by atoms with Crippen molar-refractivity contribution < 1.29 is 26.8 Å². The summed E-state index contributed by atoms with van der Waals surface area (Å²) < 4.78 is 53.8. The molecule has 0 aliphatic carbocycles. The van der Waals surface area contributed by atoms with Gasteiger partial charge in [0.15, 0.2) is 0 Å². The van der Waals surface area contributed by atoms with Crippen molar-refractivity contribution >= 4 is 21.8 Å². The van der Waals surface area contributed by atoms with Crippen LogP contribution in [0.25, 0.3) is 0 Å². The fourth-order valence-electron chi connectivity index (χ4n) is 3.21. The average molecular weight is 422 g/mol. The quantitative estimate of drug-likeness (QED) is 0.773. The second kappa shape index (κ2) is 7.90. The molecule has 1 unspecified atom stereocenters. The van der Waals surface area contributed by atoms with Gasteiger partial charge in [0.05, 0.1) is 12.2 Å². The van der Waals surface area contributed by atoms with Crippen LogP contribution in [0, 0.1) is 11.6 Å². The summed E-state index contributed by atoms with van der Waals surface area (Å²) in [7, 11) is -3.96. The summed E-state index contributed by atoms with van der Waals surface area (Å²) >= 11 is 0. The summed E-state index contributed by atoms with van der Waals surface area (Å²) in [6, 6.07) is 11.2. The van der Waals surface area contributed by atoms with Gasteiger partial charge in [-0.25, -0.2) is 17.2 Å². The zero-order valence-electron chi connectivity index (χ0n) is 15.7. The Morgan fingerprint density at radius 3 is 2.45 bits per heavy atom. The van der Waals surface area contributed by atoms with E-state index >= 15 is 0 Å². The molecule has 1 saturated heterocycles. The Bertz CT molecular complexity index is 1040. The van der Waals surface area contributed by atoms with Gasteiger partial charge in [-0.1, -0.05) is 30.3 Å². The number of amides is 2. The number of carbonyl (C=O) groups excluding carboxylic acids is 2. The third kappa shape index (κ3) is 4.61. The van der Waals surface area contributed by atoms with Crippen LogP contribution in [0.3, 0.4) is 0 Å². The Morgan fingerprint density at radius 2 is 1.83 bits per heavy atom. The topological polar surface area (TPSA) is 83.6 Å². The highest BCUT2D eigenvalue weighted by Gasteiger charge is 2.50. The molecule has 1 aliphatic heterocycles. The van der Waals surface area contributed by atoms with E-state index in [4.69, 9.17) is 0 Å². The Hall–Kier alpha value is -2.81. The van der Waals surface area contributed by atoms with Gasteiger partial charge in [-0.15, -0.1) is 0 Å². The van der Waals surface area contributed by atoms with Crippen molar-refractivity contribution in [2.45, 2.75) is 31.1 Å². The van der Waals surface area contributed by atoms with E-state index < -0.39 is 45.4 Å². The number of halogens is 2. The third-order valence-corrected chi connectivity index (χ3v) is 6.22. The van der Waals surface area contributed by atoms with Crippen molar-refractivity contribution in [2.24, 2.45) is 0 Å². The van der Waals surface area contributed by atoms with E-state index in [1.165, 1.54) is 11.8 Å². The van der Waals surface area contributed by atoms with Crippen molar-refractivity contribution in [2.75, 3.05) is 6.54 Å². The molecule has 1 heterocycles. The van der Waals surface area contributed by atoms with Crippen molar-refractivity contribution in [1.29, 1.82) is 0 Å². The maximum Gasteiger partial charge on any atom is 0.259 e. The Morgan fingerprint density at radius 1 is 1.14 bits per heavy atom. The molecule has 0 aromatic heterocycles. The maximum absolute atomic E-state index is 13.8. The molecule has 1 atom stereocenters. The highest BCUT2D eigenvalue weighted by Crippen LogP contribution is 2.32. The first kappa shape index (κ1) is 20.9. The maximum atomic E-state index is 13.8. The van der Waals surface area contributed by atoms with Crippen LogP contribution in [0.4, 0.5) is 8.78 Å². The highest BCUT2D eigenvalue weighted by molar-refractivity contribution is 7.89. The lowest BCUT2D eigenvalue weighted by molar-refractivity contribution is -0.156. The van der Waals surface area contributed by atoms with E-state index in [1.54, 1.807) is 30.3 Å². The minimum Gasteiger partial charge on any atom is -0.328 e. The van der Waals surface area contributed by atoms with Crippen molar-refractivity contribution in [1.82, 2.24) is 9.62 Å². The Labute approximate surface area is 167 Å². The Kier molecular flexibility index (Phi) is 5.70. The molecule has 154 valence electrons. The van der Waals surface area contributed by atoms with Crippen LogP contribution in [0.5, 0.6) is 0 Å². The monoisotopic (exact) mass is 422 g/mol. The van der Waals surface area contributed by atoms with Crippen LogP contribution in [0.2, 0.25) is 0 Å². The van der Waals surface area contributed by atoms with E-state index in [0.717, 1.165) is 18.2 Å². The summed E-state index contributed by atoms with van der Waals surface area (Å²) in [5.74, 6) is -3.19. The fraction of sp³-hybridized carbons (Fsp3) is 0.300. The van der Waals surface area contributed by atoms with Gasteiger partial charge in [-0.2, -0.15) is 0 Å². The van der Waals surface area contributed by atoms with Gasteiger partial charge in [0, 0.05) is 12.1 Å². The molecule has 0 saturated carbocycles. The minimum absolute atomic E-state index is 0.124. The molecule has 1 N–H and O–H groups in total. The molecule has 2 aromatic rings. The summed E-state index contributed by atoms with van der Waals surface area (Å²) in [5.41, 5.74) is -0.979. The van der Waals surface area contributed by atoms with Gasteiger partial charge >= 0.3 is 0 Å². The standard InChI is InChI=1S/C20H20F2N2O4S/c1-20(19(26)23-29(27,28)13-14-5-3-2-4-6-14)9-10-24(20)18(25)12-15-11-16(21)7-8-17(15)22/h2-8,11H,9-10,12-13H2,1H3,(H,23,26). The van der Waals surface area contributed by atoms with Crippen LogP contribution in [0.15, 0.2) is 48.5 Å². The average Bonchev–Trinajstić information content (AvgIpc) is 2.63. The number of nitrogens with zero attached hydrogens (tertiary/aromatic N) is 1. The normalized spacial score (nSPS) is 18.8. The van der Waals surface area contributed by atoms with E-state index in [1.807, 2.05) is 4.72 Å². The van der Waals surface area contributed by atoms with Crippen molar-refractivity contribution in [3.63, 3.8) is 0 Å². The van der Waals surface area contributed by atoms with Crippen LogP contribution in [-0.4, -0.2) is 37.2 Å². The molecular weight excluding hydrogens is 402 g/mol. The highest BCUT2D eigenvalue weighted by atomic mass is 32.2. The number of rotatable bonds is 6. The second-order valence-electron chi connectivity index (χ2n) is 7.16.